The van der Waals surface area contributed by atoms with Gasteiger partial charge in [-0.15, -0.1) is 0 Å². The molecule has 0 radical (unpaired) electrons. The summed E-state index contributed by atoms with van der Waals surface area (Å²) in [5.74, 6) is 0.0879. The van der Waals surface area contributed by atoms with Gasteiger partial charge in [-0.1, -0.05) is 13.8 Å². The maximum absolute atomic E-state index is 10.8. The van der Waals surface area contributed by atoms with E-state index in [2.05, 4.69) is 15.3 Å². The first-order valence-electron chi connectivity index (χ1n) is 5.44. The summed E-state index contributed by atoms with van der Waals surface area (Å²) in [6.07, 6.45) is 1.16. The zero-order valence-corrected chi connectivity index (χ0v) is 10.7. The monoisotopic (exact) mass is 272 g/mol. The summed E-state index contributed by atoms with van der Waals surface area (Å²) < 4.78 is 0. The number of aliphatic hydroxyl groups excluding tert-OH is 1. The van der Waals surface area contributed by atoms with E-state index >= 15 is 0 Å². The molecular weight excluding hydrogens is 260 g/mol. The first-order chi connectivity index (χ1) is 8.32. The van der Waals surface area contributed by atoms with Gasteiger partial charge in [0.25, 0.3) is 0 Å². The maximum atomic E-state index is 10.8. The van der Waals surface area contributed by atoms with Crippen LogP contribution in [0.1, 0.15) is 20.3 Å². The number of anilines is 1. The number of halogens is 1. The maximum Gasteiger partial charge on any atom is 0.329 e. The molecule has 1 heterocycles. The van der Waals surface area contributed by atoms with Gasteiger partial charge in [0.1, 0.15) is 6.20 Å². The van der Waals surface area contributed by atoms with Crippen LogP contribution >= 0.6 is 11.6 Å². The SMILES string of the molecule is CC1(C)C(O)CC1Nc1nc(Cl)ncc1[N+](=O)[O-]. The van der Waals surface area contributed by atoms with E-state index in [-0.39, 0.29) is 28.2 Å². The molecule has 0 amide bonds. The molecule has 18 heavy (non-hydrogen) atoms. The number of aliphatic hydroxyl groups is 1. The molecule has 1 aromatic heterocycles. The zero-order valence-electron chi connectivity index (χ0n) is 9.92. The molecule has 0 bridgehead atoms. The summed E-state index contributed by atoms with van der Waals surface area (Å²) in [6.45, 7) is 3.76. The Morgan fingerprint density at radius 1 is 1.67 bits per heavy atom. The topological polar surface area (TPSA) is 101 Å². The Hall–Kier alpha value is -1.47. The van der Waals surface area contributed by atoms with Crippen molar-refractivity contribution in [3.63, 3.8) is 0 Å². The van der Waals surface area contributed by atoms with Gasteiger partial charge in [0, 0.05) is 11.5 Å². The van der Waals surface area contributed by atoms with E-state index in [0.29, 0.717) is 6.42 Å². The number of nitro groups is 1. The summed E-state index contributed by atoms with van der Waals surface area (Å²) in [6, 6.07) is -0.0860. The van der Waals surface area contributed by atoms with Gasteiger partial charge in [0.15, 0.2) is 0 Å². The van der Waals surface area contributed by atoms with Gasteiger partial charge in [-0.05, 0) is 18.0 Å². The number of hydrogen-bond donors (Lipinski definition) is 2. The lowest BCUT2D eigenvalue weighted by molar-refractivity contribution is -0.384. The van der Waals surface area contributed by atoms with E-state index in [1.54, 1.807) is 0 Å². The molecule has 1 saturated carbocycles. The number of rotatable bonds is 3. The third-order valence-corrected chi connectivity index (χ3v) is 3.65. The molecular formula is C10H13ClN4O3. The predicted octanol–water partition coefficient (Wildman–Crippen LogP) is 1.61. The third kappa shape index (κ3) is 2.11. The summed E-state index contributed by atoms with van der Waals surface area (Å²) >= 11 is 5.63. The Kier molecular flexibility index (Phi) is 3.12. The molecule has 98 valence electrons. The van der Waals surface area contributed by atoms with E-state index in [4.69, 9.17) is 11.6 Å². The lowest BCUT2D eigenvalue weighted by Gasteiger charge is -2.49. The molecule has 7 nitrogen and oxygen atoms in total. The molecule has 2 atom stereocenters. The molecule has 2 rings (SSSR count). The predicted molar refractivity (Wildman–Crippen MR) is 65.5 cm³/mol. The van der Waals surface area contributed by atoms with Gasteiger partial charge in [-0.2, -0.15) is 4.98 Å². The van der Waals surface area contributed by atoms with Gasteiger partial charge in [0.2, 0.25) is 11.1 Å². The van der Waals surface area contributed by atoms with Crippen molar-refractivity contribution in [3.8, 4) is 0 Å². The molecule has 1 aromatic rings. The zero-order chi connectivity index (χ0) is 13.5. The van der Waals surface area contributed by atoms with Crippen molar-refractivity contribution in [2.75, 3.05) is 5.32 Å². The van der Waals surface area contributed by atoms with Crippen LogP contribution in [0.4, 0.5) is 11.5 Å². The van der Waals surface area contributed by atoms with E-state index in [0.717, 1.165) is 6.20 Å². The fourth-order valence-corrected chi connectivity index (χ4v) is 2.04. The van der Waals surface area contributed by atoms with Crippen LogP contribution in [0.5, 0.6) is 0 Å². The highest BCUT2D eigenvalue weighted by molar-refractivity contribution is 6.28. The molecule has 1 aliphatic carbocycles. The van der Waals surface area contributed by atoms with E-state index in [9.17, 15) is 15.2 Å². The fourth-order valence-electron chi connectivity index (χ4n) is 1.91. The Morgan fingerprint density at radius 3 is 2.83 bits per heavy atom. The molecule has 0 aliphatic heterocycles. The summed E-state index contributed by atoms with van der Waals surface area (Å²) in [4.78, 5) is 17.7. The van der Waals surface area contributed by atoms with Crippen molar-refractivity contribution in [1.82, 2.24) is 9.97 Å². The van der Waals surface area contributed by atoms with Crippen LogP contribution in [0.15, 0.2) is 6.20 Å². The average molecular weight is 273 g/mol. The average Bonchev–Trinajstić information content (AvgIpc) is 2.28. The van der Waals surface area contributed by atoms with Gasteiger partial charge in [0.05, 0.1) is 11.0 Å². The van der Waals surface area contributed by atoms with Gasteiger partial charge < -0.3 is 10.4 Å². The fraction of sp³-hybridized carbons (Fsp3) is 0.600. The van der Waals surface area contributed by atoms with Crippen LogP contribution in [-0.4, -0.2) is 32.1 Å². The van der Waals surface area contributed by atoms with Crippen LogP contribution in [0.25, 0.3) is 0 Å². The molecule has 2 unspecified atom stereocenters. The second-order valence-corrected chi connectivity index (χ2v) is 5.24. The van der Waals surface area contributed by atoms with Crippen molar-refractivity contribution >= 4 is 23.1 Å². The minimum Gasteiger partial charge on any atom is -0.392 e. The molecule has 0 saturated heterocycles. The Morgan fingerprint density at radius 2 is 2.33 bits per heavy atom. The second-order valence-electron chi connectivity index (χ2n) is 4.90. The quantitative estimate of drug-likeness (QED) is 0.492. The summed E-state index contributed by atoms with van der Waals surface area (Å²) in [5.41, 5.74) is -0.581. The first-order valence-corrected chi connectivity index (χ1v) is 5.81. The highest BCUT2D eigenvalue weighted by Gasteiger charge is 2.48. The number of aromatic nitrogens is 2. The standard InChI is InChI=1S/C10H13ClN4O3/c1-10(2)6(3-7(10)16)13-8-5(15(17)18)4-12-9(11)14-8/h4,6-7,16H,3H2,1-2H3,(H,12,13,14). The minimum atomic E-state index is -0.569. The van der Waals surface area contributed by atoms with Gasteiger partial charge in [-0.25, -0.2) is 4.98 Å². The number of hydrogen-bond acceptors (Lipinski definition) is 6. The van der Waals surface area contributed by atoms with E-state index < -0.39 is 11.0 Å². The first kappa shape index (κ1) is 13.0. The van der Waals surface area contributed by atoms with Crippen LogP contribution in [-0.2, 0) is 0 Å². The molecule has 8 heteroatoms. The van der Waals surface area contributed by atoms with Crippen molar-refractivity contribution in [3.05, 3.63) is 21.6 Å². The Balaban J connectivity index is 2.24. The van der Waals surface area contributed by atoms with Crippen LogP contribution in [0, 0.1) is 15.5 Å². The molecule has 1 aliphatic rings. The van der Waals surface area contributed by atoms with Crippen LogP contribution in [0.2, 0.25) is 5.28 Å². The third-order valence-electron chi connectivity index (χ3n) is 3.46. The van der Waals surface area contributed by atoms with Crippen molar-refractivity contribution in [2.45, 2.75) is 32.4 Å². The second kappa shape index (κ2) is 4.33. The van der Waals surface area contributed by atoms with Gasteiger partial charge in [-0.3, -0.25) is 10.1 Å². The smallest absolute Gasteiger partial charge is 0.329 e. The molecule has 1 fully saturated rings. The van der Waals surface area contributed by atoms with E-state index in [1.165, 1.54) is 0 Å². The molecule has 2 N–H and O–H groups in total. The van der Waals surface area contributed by atoms with Gasteiger partial charge >= 0.3 is 5.69 Å². The van der Waals surface area contributed by atoms with Crippen LogP contribution in [0.3, 0.4) is 0 Å². The van der Waals surface area contributed by atoms with Crippen LogP contribution < -0.4 is 5.32 Å². The highest BCUT2D eigenvalue weighted by Crippen LogP contribution is 2.42. The largest absolute Gasteiger partial charge is 0.392 e. The Labute approximate surface area is 108 Å². The Bertz CT molecular complexity index is 494. The van der Waals surface area contributed by atoms with Crippen molar-refractivity contribution < 1.29 is 10.0 Å². The molecule has 0 aromatic carbocycles. The van der Waals surface area contributed by atoms with E-state index in [1.807, 2.05) is 13.8 Å². The van der Waals surface area contributed by atoms with Crippen molar-refractivity contribution in [1.29, 1.82) is 0 Å². The lowest BCUT2D eigenvalue weighted by atomic mass is 9.64. The normalized spacial score (nSPS) is 25.3. The lowest BCUT2D eigenvalue weighted by Crippen LogP contribution is -2.57. The van der Waals surface area contributed by atoms with Crippen molar-refractivity contribution in [2.24, 2.45) is 5.41 Å². The number of nitrogens with one attached hydrogen (secondary N) is 1. The molecule has 0 spiro atoms. The summed E-state index contributed by atoms with van der Waals surface area (Å²) in [7, 11) is 0. The summed E-state index contributed by atoms with van der Waals surface area (Å²) in [5, 5.41) is 23.4. The number of nitrogens with zero attached hydrogens (tertiary/aromatic N) is 3. The highest BCUT2D eigenvalue weighted by atomic mass is 35.5. The minimum absolute atomic E-state index is 0.0548.